The molecule has 0 aliphatic rings. The minimum Gasteiger partial charge on any atom is -0.375 e. The van der Waals surface area contributed by atoms with Gasteiger partial charge in [0.15, 0.2) is 5.13 Å². The van der Waals surface area contributed by atoms with Gasteiger partial charge in [-0.15, -0.1) is 11.3 Å². The second-order valence-corrected chi connectivity index (χ2v) is 4.81. The number of halogens is 1. The van der Waals surface area contributed by atoms with Gasteiger partial charge in [-0.1, -0.05) is 17.7 Å². The maximum atomic E-state index is 11.8. The Hall–Kier alpha value is -1.59. The SMILES string of the molecule is Cc1ccc(Cl)c(NC(=O)c2csc(N)n2)c1. The highest BCUT2D eigenvalue weighted by Gasteiger charge is 2.11. The summed E-state index contributed by atoms with van der Waals surface area (Å²) in [5.74, 6) is -0.314. The molecular weight excluding hydrogens is 258 g/mol. The number of nitrogens with one attached hydrogen (secondary N) is 1. The first kappa shape index (κ1) is 11.9. The molecule has 1 amide bonds. The molecule has 0 atom stereocenters. The van der Waals surface area contributed by atoms with Crippen LogP contribution >= 0.6 is 22.9 Å². The first-order valence-corrected chi connectivity index (χ1v) is 6.10. The molecule has 0 spiro atoms. The van der Waals surface area contributed by atoms with E-state index in [1.165, 1.54) is 11.3 Å². The van der Waals surface area contributed by atoms with Crippen LogP contribution < -0.4 is 11.1 Å². The van der Waals surface area contributed by atoms with Crippen LogP contribution in [0.4, 0.5) is 10.8 Å². The zero-order valence-electron chi connectivity index (χ0n) is 9.03. The van der Waals surface area contributed by atoms with Crippen LogP contribution in [0.3, 0.4) is 0 Å². The van der Waals surface area contributed by atoms with Gasteiger partial charge in [0.25, 0.3) is 5.91 Å². The summed E-state index contributed by atoms with van der Waals surface area (Å²) in [6.45, 7) is 1.92. The highest BCUT2D eigenvalue weighted by Crippen LogP contribution is 2.23. The number of amides is 1. The van der Waals surface area contributed by atoms with E-state index in [-0.39, 0.29) is 5.91 Å². The molecule has 1 aromatic carbocycles. The highest BCUT2D eigenvalue weighted by molar-refractivity contribution is 7.13. The lowest BCUT2D eigenvalue weighted by molar-refractivity contribution is 0.102. The number of nitrogen functional groups attached to an aromatic ring is 1. The number of carbonyl (C=O) groups is 1. The standard InChI is InChI=1S/C11H10ClN3OS/c1-6-2-3-7(12)8(4-6)14-10(16)9-5-17-11(13)15-9/h2-5H,1H3,(H2,13,15)(H,14,16). The van der Waals surface area contributed by atoms with E-state index in [9.17, 15) is 4.79 Å². The molecule has 1 heterocycles. The Morgan fingerprint density at radius 3 is 2.94 bits per heavy atom. The molecule has 0 bridgehead atoms. The zero-order chi connectivity index (χ0) is 12.4. The lowest BCUT2D eigenvalue weighted by Gasteiger charge is -2.06. The van der Waals surface area contributed by atoms with Gasteiger partial charge in [0.05, 0.1) is 10.7 Å². The molecule has 0 fully saturated rings. The van der Waals surface area contributed by atoms with E-state index in [1.807, 2.05) is 13.0 Å². The molecule has 6 heteroatoms. The number of aromatic nitrogens is 1. The third-order valence-electron chi connectivity index (χ3n) is 2.12. The van der Waals surface area contributed by atoms with Gasteiger partial charge >= 0.3 is 0 Å². The Labute approximate surface area is 107 Å². The number of benzene rings is 1. The van der Waals surface area contributed by atoms with Gasteiger partial charge in [-0.3, -0.25) is 4.79 Å². The van der Waals surface area contributed by atoms with Crippen LogP contribution in [0, 0.1) is 6.92 Å². The normalized spacial score (nSPS) is 10.2. The fourth-order valence-electron chi connectivity index (χ4n) is 1.31. The number of aryl methyl sites for hydroxylation is 1. The Bertz CT molecular complexity index is 568. The lowest BCUT2D eigenvalue weighted by atomic mass is 10.2. The number of carbonyl (C=O) groups excluding carboxylic acids is 1. The number of rotatable bonds is 2. The van der Waals surface area contributed by atoms with Crippen molar-refractivity contribution in [3.8, 4) is 0 Å². The fourth-order valence-corrected chi connectivity index (χ4v) is 2.02. The highest BCUT2D eigenvalue weighted by atomic mass is 35.5. The molecule has 0 unspecified atom stereocenters. The van der Waals surface area contributed by atoms with Crippen LogP contribution in [0.5, 0.6) is 0 Å². The Balaban J connectivity index is 2.21. The quantitative estimate of drug-likeness (QED) is 0.879. The van der Waals surface area contributed by atoms with Crippen molar-refractivity contribution in [3.05, 3.63) is 39.9 Å². The van der Waals surface area contributed by atoms with Gasteiger partial charge in [-0.05, 0) is 24.6 Å². The third kappa shape index (κ3) is 2.75. The summed E-state index contributed by atoms with van der Waals surface area (Å²) in [4.78, 5) is 15.7. The Morgan fingerprint density at radius 1 is 1.53 bits per heavy atom. The molecule has 17 heavy (non-hydrogen) atoms. The zero-order valence-corrected chi connectivity index (χ0v) is 10.6. The minimum atomic E-state index is -0.314. The summed E-state index contributed by atoms with van der Waals surface area (Å²) in [6, 6.07) is 5.41. The molecular formula is C11H10ClN3OS. The molecule has 0 radical (unpaired) electrons. The van der Waals surface area contributed by atoms with Gasteiger partial charge in [0.1, 0.15) is 5.69 Å². The first-order chi connectivity index (χ1) is 8.06. The van der Waals surface area contributed by atoms with Gasteiger partial charge < -0.3 is 11.1 Å². The summed E-state index contributed by atoms with van der Waals surface area (Å²) in [5.41, 5.74) is 7.35. The predicted molar refractivity (Wildman–Crippen MR) is 70.7 cm³/mol. The van der Waals surface area contributed by atoms with Gasteiger partial charge in [0.2, 0.25) is 0 Å². The second kappa shape index (κ2) is 4.73. The minimum absolute atomic E-state index is 0.296. The van der Waals surface area contributed by atoms with E-state index >= 15 is 0 Å². The predicted octanol–water partition coefficient (Wildman–Crippen LogP) is 2.94. The van der Waals surface area contributed by atoms with Crippen LogP contribution in [-0.4, -0.2) is 10.9 Å². The van der Waals surface area contributed by atoms with E-state index in [0.29, 0.717) is 21.5 Å². The van der Waals surface area contributed by atoms with Gasteiger partial charge in [-0.2, -0.15) is 0 Å². The number of thiazole rings is 1. The van der Waals surface area contributed by atoms with Crippen molar-refractivity contribution in [2.75, 3.05) is 11.1 Å². The van der Waals surface area contributed by atoms with Crippen molar-refractivity contribution in [1.82, 2.24) is 4.98 Å². The van der Waals surface area contributed by atoms with Crippen LogP contribution in [0.25, 0.3) is 0 Å². The van der Waals surface area contributed by atoms with E-state index in [4.69, 9.17) is 17.3 Å². The second-order valence-electron chi connectivity index (χ2n) is 3.51. The van der Waals surface area contributed by atoms with E-state index in [2.05, 4.69) is 10.3 Å². The van der Waals surface area contributed by atoms with Crippen molar-refractivity contribution in [2.24, 2.45) is 0 Å². The van der Waals surface area contributed by atoms with Crippen molar-refractivity contribution in [3.63, 3.8) is 0 Å². The smallest absolute Gasteiger partial charge is 0.275 e. The maximum Gasteiger partial charge on any atom is 0.275 e. The van der Waals surface area contributed by atoms with Crippen molar-refractivity contribution >= 4 is 39.7 Å². The number of nitrogens with two attached hydrogens (primary N) is 1. The summed E-state index contributed by atoms with van der Waals surface area (Å²) in [6.07, 6.45) is 0. The maximum absolute atomic E-state index is 11.8. The van der Waals surface area contributed by atoms with Crippen LogP contribution in [0.1, 0.15) is 16.1 Å². The van der Waals surface area contributed by atoms with E-state index in [1.54, 1.807) is 17.5 Å². The Kier molecular flexibility index (Phi) is 3.31. The average Bonchev–Trinajstić information content (AvgIpc) is 2.70. The molecule has 2 aromatic rings. The van der Waals surface area contributed by atoms with Crippen molar-refractivity contribution < 1.29 is 4.79 Å². The lowest BCUT2D eigenvalue weighted by Crippen LogP contribution is -2.12. The average molecular weight is 268 g/mol. The summed E-state index contributed by atoms with van der Waals surface area (Å²) in [5, 5.41) is 5.16. The summed E-state index contributed by atoms with van der Waals surface area (Å²) < 4.78 is 0. The molecule has 3 N–H and O–H groups in total. The monoisotopic (exact) mass is 267 g/mol. The fraction of sp³-hybridized carbons (Fsp3) is 0.0909. The molecule has 88 valence electrons. The van der Waals surface area contributed by atoms with E-state index < -0.39 is 0 Å². The Morgan fingerprint density at radius 2 is 2.29 bits per heavy atom. The van der Waals surface area contributed by atoms with Gasteiger partial charge in [-0.25, -0.2) is 4.98 Å². The van der Waals surface area contributed by atoms with E-state index in [0.717, 1.165) is 5.56 Å². The molecule has 0 saturated heterocycles. The number of hydrogen-bond acceptors (Lipinski definition) is 4. The number of nitrogens with zero attached hydrogens (tertiary/aromatic N) is 1. The van der Waals surface area contributed by atoms with Crippen LogP contribution in [0.2, 0.25) is 5.02 Å². The summed E-state index contributed by atoms with van der Waals surface area (Å²) >= 11 is 7.20. The van der Waals surface area contributed by atoms with Crippen LogP contribution in [-0.2, 0) is 0 Å². The third-order valence-corrected chi connectivity index (χ3v) is 3.13. The molecule has 0 aliphatic heterocycles. The molecule has 4 nitrogen and oxygen atoms in total. The molecule has 2 rings (SSSR count). The van der Waals surface area contributed by atoms with Gasteiger partial charge in [0, 0.05) is 5.38 Å². The molecule has 1 aromatic heterocycles. The van der Waals surface area contributed by atoms with Crippen molar-refractivity contribution in [1.29, 1.82) is 0 Å². The van der Waals surface area contributed by atoms with Crippen molar-refractivity contribution in [2.45, 2.75) is 6.92 Å². The largest absolute Gasteiger partial charge is 0.375 e. The molecule has 0 saturated carbocycles. The topological polar surface area (TPSA) is 68.0 Å². The van der Waals surface area contributed by atoms with Crippen LogP contribution in [0.15, 0.2) is 23.6 Å². The summed E-state index contributed by atoms with van der Waals surface area (Å²) in [7, 11) is 0. The first-order valence-electron chi connectivity index (χ1n) is 4.85. The number of anilines is 2. The number of hydrogen-bond donors (Lipinski definition) is 2. The molecule has 0 aliphatic carbocycles.